The van der Waals surface area contributed by atoms with Crippen LogP contribution in [0.2, 0.25) is 0 Å². The van der Waals surface area contributed by atoms with E-state index in [1.807, 2.05) is 41.5 Å². The van der Waals surface area contributed by atoms with Crippen LogP contribution in [0.5, 0.6) is 11.5 Å². The highest BCUT2D eigenvalue weighted by Gasteiger charge is 2.19. The predicted octanol–water partition coefficient (Wildman–Crippen LogP) is 4.33. The number of rotatable bonds is 6. The fraction of sp³-hybridized carbons (Fsp3) is 0.556. The number of alkyl halides is 1. The van der Waals surface area contributed by atoms with E-state index in [9.17, 15) is 9.59 Å². The van der Waals surface area contributed by atoms with Gasteiger partial charge >= 0.3 is 0 Å². The van der Waals surface area contributed by atoms with E-state index in [0.717, 1.165) is 0 Å². The number of carbonyl (C=O) groups excluding carboxylic acids is 2. The number of ketones is 1. The molecule has 0 heterocycles. The average Bonchev–Trinajstić information content (AvgIpc) is 2.38. The Balaban J connectivity index is 3.05. The van der Waals surface area contributed by atoms with Gasteiger partial charge in [-0.05, 0) is 53.7 Å². The Kier molecular flexibility index (Phi) is 6.84. The largest absolute Gasteiger partial charge is 0.488 e. The summed E-state index contributed by atoms with van der Waals surface area (Å²) in [5.74, 6) is 0.598. The number of halogens is 1. The number of benzene rings is 1. The van der Waals surface area contributed by atoms with Crippen LogP contribution in [0.25, 0.3) is 0 Å². The third-order valence-electron chi connectivity index (χ3n) is 2.57. The maximum absolute atomic E-state index is 12.0. The number of amides is 1. The van der Waals surface area contributed by atoms with Gasteiger partial charge in [0.15, 0.2) is 5.78 Å². The Morgan fingerprint density at radius 2 is 1.62 bits per heavy atom. The molecule has 1 aromatic carbocycles. The average molecular weight is 400 g/mol. The predicted molar refractivity (Wildman–Crippen MR) is 99.3 cm³/mol. The molecule has 1 aromatic rings. The van der Waals surface area contributed by atoms with Crippen LogP contribution < -0.4 is 14.8 Å². The van der Waals surface area contributed by atoms with Crippen LogP contribution in [0, 0.1) is 0 Å². The monoisotopic (exact) mass is 399 g/mol. The molecule has 0 radical (unpaired) electrons. The molecule has 24 heavy (non-hydrogen) atoms. The summed E-state index contributed by atoms with van der Waals surface area (Å²) >= 11 is 3.05. The molecule has 0 saturated carbocycles. The summed E-state index contributed by atoms with van der Waals surface area (Å²) in [6, 6.07) is 5.24. The minimum Gasteiger partial charge on any atom is -0.488 e. The molecule has 0 aliphatic heterocycles. The lowest BCUT2D eigenvalue weighted by Crippen LogP contribution is -2.25. The van der Waals surface area contributed by atoms with E-state index >= 15 is 0 Å². The highest BCUT2D eigenvalue weighted by molar-refractivity contribution is 9.09. The highest BCUT2D eigenvalue weighted by atomic mass is 79.9. The quantitative estimate of drug-likeness (QED) is 0.570. The van der Waals surface area contributed by atoms with Crippen LogP contribution in [-0.4, -0.2) is 28.2 Å². The van der Waals surface area contributed by atoms with Crippen LogP contribution in [0.1, 0.15) is 48.0 Å². The van der Waals surface area contributed by atoms with Crippen LogP contribution in [-0.2, 0) is 9.59 Å². The normalized spacial score (nSPS) is 11.8. The summed E-state index contributed by atoms with van der Waals surface area (Å²) in [7, 11) is 0. The van der Waals surface area contributed by atoms with Gasteiger partial charge in [0, 0.05) is 6.07 Å². The molecule has 1 rings (SSSR count). The molecular formula is C18H26BrNO4. The van der Waals surface area contributed by atoms with E-state index < -0.39 is 5.60 Å². The minimum absolute atomic E-state index is 0.157. The molecule has 1 N–H and O–H groups in total. The van der Waals surface area contributed by atoms with E-state index in [-0.39, 0.29) is 29.0 Å². The second kappa shape index (κ2) is 8.01. The second-order valence-corrected chi connectivity index (χ2v) is 8.04. The fourth-order valence-electron chi connectivity index (χ4n) is 1.86. The molecule has 1 amide bonds. The van der Waals surface area contributed by atoms with Gasteiger partial charge in [-0.15, -0.1) is 0 Å². The zero-order chi connectivity index (χ0) is 18.5. The summed E-state index contributed by atoms with van der Waals surface area (Å²) in [4.78, 5) is 23.4. The van der Waals surface area contributed by atoms with Crippen LogP contribution in [0.4, 0.5) is 5.69 Å². The van der Waals surface area contributed by atoms with Gasteiger partial charge in [0.05, 0.1) is 17.4 Å². The first-order valence-electron chi connectivity index (χ1n) is 7.79. The maximum Gasteiger partial charge on any atom is 0.231 e. The standard InChI is InChI=1S/C18H26BrNO4/c1-17(2,3)23-13-7-8-14(15(10-13)24-18(4,5)6)20-16(22)9-12(21)11-19/h7-8,10H,9,11H2,1-6H3,(H,20,22). The number of ether oxygens (including phenoxy) is 2. The zero-order valence-corrected chi connectivity index (χ0v) is 16.7. The highest BCUT2D eigenvalue weighted by Crippen LogP contribution is 2.33. The first-order chi connectivity index (χ1) is 10.9. The van der Waals surface area contributed by atoms with E-state index in [1.54, 1.807) is 18.2 Å². The van der Waals surface area contributed by atoms with Crippen molar-refractivity contribution in [3.63, 3.8) is 0 Å². The van der Waals surface area contributed by atoms with Crippen molar-refractivity contribution in [1.29, 1.82) is 0 Å². The summed E-state index contributed by atoms with van der Waals surface area (Å²) in [6.07, 6.45) is -0.180. The molecule has 0 bridgehead atoms. The topological polar surface area (TPSA) is 64.6 Å². The molecule has 0 unspecified atom stereocenters. The van der Waals surface area contributed by atoms with Gasteiger partial charge in [-0.3, -0.25) is 9.59 Å². The van der Waals surface area contributed by atoms with Gasteiger partial charge in [-0.1, -0.05) is 15.9 Å². The molecule has 6 heteroatoms. The Morgan fingerprint density at radius 3 is 2.12 bits per heavy atom. The lowest BCUT2D eigenvalue weighted by molar-refractivity contribution is -0.123. The first kappa shape index (κ1) is 20.5. The van der Waals surface area contributed by atoms with Gasteiger partial charge in [0.1, 0.15) is 22.7 Å². The Morgan fingerprint density at radius 1 is 1.04 bits per heavy atom. The van der Waals surface area contributed by atoms with Crippen molar-refractivity contribution in [2.24, 2.45) is 0 Å². The van der Waals surface area contributed by atoms with Crippen LogP contribution in [0.15, 0.2) is 18.2 Å². The molecule has 0 atom stereocenters. The molecule has 0 aliphatic carbocycles. The maximum atomic E-state index is 12.0. The molecule has 5 nitrogen and oxygen atoms in total. The summed E-state index contributed by atoms with van der Waals surface area (Å²) in [6.45, 7) is 11.6. The Bertz CT molecular complexity index is 600. The SMILES string of the molecule is CC(C)(C)Oc1ccc(NC(=O)CC(=O)CBr)c(OC(C)(C)C)c1. The first-order valence-corrected chi connectivity index (χ1v) is 8.91. The van der Waals surface area contributed by atoms with Crippen LogP contribution in [0.3, 0.4) is 0 Å². The van der Waals surface area contributed by atoms with Crippen molar-refractivity contribution < 1.29 is 19.1 Å². The number of anilines is 1. The number of hydrogen-bond acceptors (Lipinski definition) is 4. The number of Topliss-reactive ketones (excluding diaryl/α,β-unsaturated/α-hetero) is 1. The molecular weight excluding hydrogens is 374 g/mol. The van der Waals surface area contributed by atoms with E-state index in [4.69, 9.17) is 9.47 Å². The smallest absolute Gasteiger partial charge is 0.231 e. The lowest BCUT2D eigenvalue weighted by atomic mass is 10.1. The molecule has 0 aliphatic rings. The summed E-state index contributed by atoms with van der Waals surface area (Å²) in [5.41, 5.74) is -0.268. The van der Waals surface area contributed by atoms with E-state index in [2.05, 4.69) is 21.2 Å². The van der Waals surface area contributed by atoms with Crippen molar-refractivity contribution in [3.05, 3.63) is 18.2 Å². The Labute approximate surface area is 152 Å². The number of hydrogen-bond donors (Lipinski definition) is 1. The van der Waals surface area contributed by atoms with Crippen molar-refractivity contribution in [2.75, 3.05) is 10.6 Å². The molecule has 0 fully saturated rings. The third-order valence-corrected chi connectivity index (χ3v) is 3.20. The number of nitrogens with one attached hydrogen (secondary N) is 1. The van der Waals surface area contributed by atoms with Crippen molar-refractivity contribution in [2.45, 2.75) is 59.2 Å². The summed E-state index contributed by atoms with van der Waals surface area (Å²) < 4.78 is 11.8. The van der Waals surface area contributed by atoms with Crippen molar-refractivity contribution in [1.82, 2.24) is 0 Å². The summed E-state index contributed by atoms with van der Waals surface area (Å²) in [5, 5.41) is 2.88. The molecule has 0 aromatic heterocycles. The molecule has 134 valence electrons. The van der Waals surface area contributed by atoms with E-state index in [1.165, 1.54) is 0 Å². The number of carbonyl (C=O) groups is 2. The van der Waals surface area contributed by atoms with Gasteiger partial charge in [-0.2, -0.15) is 0 Å². The van der Waals surface area contributed by atoms with Crippen molar-refractivity contribution in [3.8, 4) is 11.5 Å². The second-order valence-electron chi connectivity index (χ2n) is 7.48. The Hall–Kier alpha value is -1.56. The van der Waals surface area contributed by atoms with Crippen molar-refractivity contribution >= 4 is 33.3 Å². The minimum atomic E-state index is -0.439. The van der Waals surface area contributed by atoms with Gasteiger partial charge < -0.3 is 14.8 Å². The van der Waals surface area contributed by atoms with Gasteiger partial charge in [-0.25, -0.2) is 0 Å². The van der Waals surface area contributed by atoms with Gasteiger partial charge in [0.25, 0.3) is 0 Å². The van der Waals surface area contributed by atoms with Crippen LogP contribution >= 0.6 is 15.9 Å². The lowest BCUT2D eigenvalue weighted by Gasteiger charge is -2.26. The molecule has 0 spiro atoms. The zero-order valence-electron chi connectivity index (χ0n) is 15.2. The van der Waals surface area contributed by atoms with Gasteiger partial charge in [0.2, 0.25) is 5.91 Å². The third kappa shape index (κ3) is 7.81. The van der Waals surface area contributed by atoms with E-state index in [0.29, 0.717) is 17.2 Å². The molecule has 0 saturated heterocycles. The fourth-order valence-corrected chi connectivity index (χ4v) is 2.06.